The number of amides is 1. The highest BCUT2D eigenvalue weighted by molar-refractivity contribution is 9.10. The minimum atomic E-state index is -0.101. The molecule has 0 aliphatic heterocycles. The van der Waals surface area contributed by atoms with Crippen LogP contribution in [0, 0.1) is 0 Å². The topological polar surface area (TPSA) is 29.1 Å². The second-order valence-electron chi connectivity index (χ2n) is 2.47. The van der Waals surface area contributed by atoms with Gasteiger partial charge in [-0.1, -0.05) is 34.1 Å². The predicted octanol–water partition coefficient (Wildman–Crippen LogP) is 2.21. The van der Waals surface area contributed by atoms with Gasteiger partial charge in [0.1, 0.15) is 0 Å². The molecular weight excluding hydrogens is 230 g/mol. The van der Waals surface area contributed by atoms with E-state index < -0.39 is 0 Å². The molecule has 0 atom stereocenters. The summed E-state index contributed by atoms with van der Waals surface area (Å²) in [6.07, 6.45) is 3.27. The van der Waals surface area contributed by atoms with E-state index in [4.69, 9.17) is 0 Å². The second kappa shape index (κ2) is 4.82. The molecule has 0 unspecified atom stereocenters. The molecule has 1 N–H and O–H groups in total. The Morgan fingerprint density at radius 1 is 1.46 bits per heavy atom. The fourth-order valence-corrected chi connectivity index (χ4v) is 1.28. The lowest BCUT2D eigenvalue weighted by molar-refractivity contribution is -0.115. The van der Waals surface area contributed by atoms with E-state index in [1.54, 1.807) is 13.1 Å². The van der Waals surface area contributed by atoms with Gasteiger partial charge in [0.25, 0.3) is 0 Å². The van der Waals surface area contributed by atoms with Gasteiger partial charge < -0.3 is 5.32 Å². The predicted molar refractivity (Wildman–Crippen MR) is 57.2 cm³/mol. The van der Waals surface area contributed by atoms with E-state index in [1.807, 2.05) is 24.3 Å². The number of nitrogens with one attached hydrogen (secondary N) is 1. The zero-order chi connectivity index (χ0) is 9.68. The maximum absolute atomic E-state index is 10.9. The van der Waals surface area contributed by atoms with Crippen molar-refractivity contribution in [2.45, 2.75) is 0 Å². The number of hydrogen-bond donors (Lipinski definition) is 1. The zero-order valence-electron chi connectivity index (χ0n) is 7.25. The Balaban J connectivity index is 2.80. The Hall–Kier alpha value is -1.09. The van der Waals surface area contributed by atoms with E-state index in [2.05, 4.69) is 21.2 Å². The molecule has 0 saturated carbocycles. The van der Waals surface area contributed by atoms with Crippen LogP contribution < -0.4 is 5.32 Å². The van der Waals surface area contributed by atoms with E-state index >= 15 is 0 Å². The molecule has 68 valence electrons. The molecule has 2 nitrogen and oxygen atoms in total. The lowest BCUT2D eigenvalue weighted by atomic mass is 10.2. The molecule has 0 aliphatic carbocycles. The Morgan fingerprint density at radius 3 is 2.77 bits per heavy atom. The second-order valence-corrected chi connectivity index (χ2v) is 3.32. The largest absolute Gasteiger partial charge is 0.356 e. The number of carbonyl (C=O) groups excluding carboxylic acids is 1. The molecular formula is C10H10BrNO. The van der Waals surface area contributed by atoms with Crippen molar-refractivity contribution in [3.63, 3.8) is 0 Å². The number of carbonyl (C=O) groups is 1. The molecule has 13 heavy (non-hydrogen) atoms. The minimum absolute atomic E-state index is 0.101. The van der Waals surface area contributed by atoms with Gasteiger partial charge in [0.15, 0.2) is 0 Å². The fourth-order valence-electron chi connectivity index (χ4n) is 0.859. The van der Waals surface area contributed by atoms with Gasteiger partial charge in [0.2, 0.25) is 5.91 Å². The van der Waals surface area contributed by atoms with Gasteiger partial charge in [-0.15, -0.1) is 0 Å². The average molecular weight is 240 g/mol. The monoisotopic (exact) mass is 239 g/mol. The lowest BCUT2D eigenvalue weighted by Crippen LogP contribution is -2.13. The third-order valence-electron chi connectivity index (χ3n) is 1.57. The van der Waals surface area contributed by atoms with E-state index in [0.29, 0.717) is 0 Å². The third-order valence-corrected chi connectivity index (χ3v) is 2.29. The average Bonchev–Trinajstić information content (AvgIpc) is 2.16. The van der Waals surface area contributed by atoms with Gasteiger partial charge in [0, 0.05) is 17.6 Å². The summed E-state index contributed by atoms with van der Waals surface area (Å²) >= 11 is 3.39. The van der Waals surface area contributed by atoms with Crippen molar-refractivity contribution in [2.24, 2.45) is 0 Å². The summed E-state index contributed by atoms with van der Waals surface area (Å²) in [5.41, 5.74) is 0.992. The van der Waals surface area contributed by atoms with Crippen molar-refractivity contribution in [1.29, 1.82) is 0 Å². The first-order valence-electron chi connectivity index (χ1n) is 3.88. The Labute approximate surface area is 85.8 Å². The first-order valence-corrected chi connectivity index (χ1v) is 4.67. The molecule has 0 radical (unpaired) electrons. The first kappa shape index (κ1) is 9.99. The zero-order valence-corrected chi connectivity index (χ0v) is 8.84. The van der Waals surface area contributed by atoms with Crippen LogP contribution in [0.15, 0.2) is 34.8 Å². The summed E-state index contributed by atoms with van der Waals surface area (Å²) in [5, 5.41) is 2.51. The van der Waals surface area contributed by atoms with Crippen LogP contribution in [0.3, 0.4) is 0 Å². The van der Waals surface area contributed by atoms with Gasteiger partial charge in [-0.05, 0) is 17.7 Å². The number of hydrogen-bond acceptors (Lipinski definition) is 1. The molecule has 0 bridgehead atoms. The fraction of sp³-hybridized carbons (Fsp3) is 0.100. The molecule has 1 aromatic carbocycles. The highest BCUT2D eigenvalue weighted by Crippen LogP contribution is 2.16. The molecule has 0 heterocycles. The summed E-state index contributed by atoms with van der Waals surface area (Å²) in [7, 11) is 1.60. The van der Waals surface area contributed by atoms with Crippen molar-refractivity contribution >= 4 is 27.9 Å². The molecule has 0 spiro atoms. The van der Waals surface area contributed by atoms with Crippen molar-refractivity contribution in [1.82, 2.24) is 5.32 Å². The van der Waals surface area contributed by atoms with Crippen LogP contribution in [0.25, 0.3) is 6.08 Å². The maximum atomic E-state index is 10.9. The number of rotatable bonds is 2. The Kier molecular flexibility index (Phi) is 3.71. The van der Waals surface area contributed by atoms with Crippen LogP contribution in [-0.2, 0) is 4.79 Å². The lowest BCUT2D eigenvalue weighted by Gasteiger charge is -1.96. The quantitative estimate of drug-likeness (QED) is 0.789. The Morgan fingerprint density at radius 2 is 2.15 bits per heavy atom. The highest BCUT2D eigenvalue weighted by atomic mass is 79.9. The standard InChI is InChI=1S/C10H10BrNO/c1-12-10(13)7-6-8-4-2-3-5-9(8)11/h2-7H,1H3,(H,12,13)/b7-6+. The van der Waals surface area contributed by atoms with Crippen molar-refractivity contribution in [3.05, 3.63) is 40.4 Å². The molecule has 0 fully saturated rings. The summed E-state index contributed by atoms with van der Waals surface area (Å²) in [6, 6.07) is 7.72. The molecule has 0 aliphatic rings. The minimum Gasteiger partial charge on any atom is -0.356 e. The summed E-state index contributed by atoms with van der Waals surface area (Å²) in [6.45, 7) is 0. The Bertz CT molecular complexity index is 333. The van der Waals surface area contributed by atoms with Crippen LogP contribution in [0.5, 0.6) is 0 Å². The summed E-state index contributed by atoms with van der Waals surface area (Å²) in [5.74, 6) is -0.101. The third kappa shape index (κ3) is 3.03. The van der Waals surface area contributed by atoms with Crippen LogP contribution in [0.1, 0.15) is 5.56 Å². The van der Waals surface area contributed by atoms with Gasteiger partial charge in [0.05, 0.1) is 0 Å². The number of benzene rings is 1. The van der Waals surface area contributed by atoms with Gasteiger partial charge in [-0.3, -0.25) is 4.79 Å². The summed E-state index contributed by atoms with van der Waals surface area (Å²) < 4.78 is 0.982. The molecule has 0 saturated heterocycles. The van der Waals surface area contributed by atoms with Crippen LogP contribution in [0.4, 0.5) is 0 Å². The van der Waals surface area contributed by atoms with Crippen molar-refractivity contribution < 1.29 is 4.79 Å². The SMILES string of the molecule is CNC(=O)/C=C/c1ccccc1Br. The molecule has 1 rings (SSSR count). The smallest absolute Gasteiger partial charge is 0.243 e. The summed E-state index contributed by atoms with van der Waals surface area (Å²) in [4.78, 5) is 10.9. The van der Waals surface area contributed by atoms with E-state index in [0.717, 1.165) is 10.0 Å². The van der Waals surface area contributed by atoms with Crippen molar-refractivity contribution in [2.75, 3.05) is 7.05 Å². The molecule has 1 amide bonds. The molecule has 3 heteroatoms. The van der Waals surface area contributed by atoms with Gasteiger partial charge in [-0.25, -0.2) is 0 Å². The first-order chi connectivity index (χ1) is 6.24. The van der Waals surface area contributed by atoms with E-state index in [-0.39, 0.29) is 5.91 Å². The van der Waals surface area contributed by atoms with E-state index in [1.165, 1.54) is 6.08 Å². The van der Waals surface area contributed by atoms with Crippen LogP contribution in [0.2, 0.25) is 0 Å². The maximum Gasteiger partial charge on any atom is 0.243 e. The van der Waals surface area contributed by atoms with Crippen molar-refractivity contribution in [3.8, 4) is 0 Å². The van der Waals surface area contributed by atoms with Crippen LogP contribution >= 0.6 is 15.9 Å². The highest BCUT2D eigenvalue weighted by Gasteiger charge is 1.93. The number of likely N-dealkylation sites (N-methyl/N-ethyl adjacent to an activating group) is 1. The molecule has 1 aromatic rings. The number of halogens is 1. The molecule has 0 aromatic heterocycles. The van der Waals surface area contributed by atoms with Gasteiger partial charge >= 0.3 is 0 Å². The van der Waals surface area contributed by atoms with Gasteiger partial charge in [-0.2, -0.15) is 0 Å². The van der Waals surface area contributed by atoms with Crippen LogP contribution in [-0.4, -0.2) is 13.0 Å². The normalized spacial score (nSPS) is 10.3. The van der Waals surface area contributed by atoms with E-state index in [9.17, 15) is 4.79 Å².